The topological polar surface area (TPSA) is 29.3 Å². The highest BCUT2D eigenvalue weighted by Crippen LogP contribution is 2.24. The van der Waals surface area contributed by atoms with E-state index in [0.29, 0.717) is 0 Å². The van der Waals surface area contributed by atoms with Crippen molar-refractivity contribution < 1.29 is 4.39 Å². The molecule has 2 nitrogen and oxygen atoms in total. The first-order chi connectivity index (χ1) is 9.12. The van der Waals surface area contributed by atoms with Gasteiger partial charge in [-0.25, -0.2) is 4.39 Å². The van der Waals surface area contributed by atoms with E-state index in [9.17, 15) is 4.39 Å². The third-order valence-electron chi connectivity index (χ3n) is 3.38. The van der Waals surface area contributed by atoms with Gasteiger partial charge in [0.2, 0.25) is 0 Å². The average molecular weight is 266 g/mol. The van der Waals surface area contributed by atoms with Crippen LogP contribution >= 0.6 is 0 Å². The maximum absolute atomic E-state index is 13.5. The van der Waals surface area contributed by atoms with Gasteiger partial charge in [-0.1, -0.05) is 20.8 Å². The van der Waals surface area contributed by atoms with Gasteiger partial charge in [0.05, 0.1) is 0 Å². The molecule has 0 radical (unpaired) electrons. The van der Waals surface area contributed by atoms with Gasteiger partial charge < -0.3 is 10.6 Å². The highest BCUT2D eigenvalue weighted by molar-refractivity contribution is 5.54. The smallest absolute Gasteiger partial charge is 0.123 e. The zero-order chi connectivity index (χ0) is 14.3. The third kappa shape index (κ3) is 4.83. The van der Waals surface area contributed by atoms with Crippen LogP contribution in [0.2, 0.25) is 0 Å². The van der Waals surface area contributed by atoms with E-state index in [1.165, 1.54) is 0 Å². The number of benzene rings is 1. The lowest BCUT2D eigenvalue weighted by atomic mass is 10.0. The first-order valence-electron chi connectivity index (χ1n) is 7.41. The molecule has 0 heterocycles. The standard InChI is InChI=1S/C16H27FN2/c1-4-9-19(10-5-2)16-8-7-14(17)11-13(16)12-15(18)6-3/h7-8,11,15H,4-6,9-10,12,18H2,1-3H3. The van der Waals surface area contributed by atoms with Crippen molar-refractivity contribution in [1.29, 1.82) is 0 Å². The predicted octanol–water partition coefficient (Wildman–Crippen LogP) is 3.73. The van der Waals surface area contributed by atoms with Crippen molar-refractivity contribution in [3.63, 3.8) is 0 Å². The molecule has 2 N–H and O–H groups in total. The third-order valence-corrected chi connectivity index (χ3v) is 3.38. The van der Waals surface area contributed by atoms with Gasteiger partial charge in [0.15, 0.2) is 0 Å². The molecule has 0 saturated carbocycles. The van der Waals surface area contributed by atoms with Crippen molar-refractivity contribution in [3.8, 4) is 0 Å². The molecule has 1 aromatic rings. The zero-order valence-electron chi connectivity index (χ0n) is 12.5. The summed E-state index contributed by atoms with van der Waals surface area (Å²) in [6.45, 7) is 8.43. The van der Waals surface area contributed by atoms with Crippen LogP contribution in [0.1, 0.15) is 45.6 Å². The van der Waals surface area contributed by atoms with E-state index in [1.54, 1.807) is 12.1 Å². The molecule has 0 aromatic heterocycles. The number of rotatable bonds is 8. The van der Waals surface area contributed by atoms with Crippen molar-refractivity contribution in [3.05, 3.63) is 29.6 Å². The van der Waals surface area contributed by atoms with Gasteiger partial charge in [-0.3, -0.25) is 0 Å². The van der Waals surface area contributed by atoms with Gasteiger partial charge in [0, 0.05) is 24.8 Å². The summed E-state index contributed by atoms with van der Waals surface area (Å²) in [5.74, 6) is -0.171. The molecular formula is C16H27FN2. The van der Waals surface area contributed by atoms with Crippen LogP contribution in [-0.4, -0.2) is 19.1 Å². The average Bonchev–Trinajstić information content (AvgIpc) is 2.39. The van der Waals surface area contributed by atoms with Crippen molar-refractivity contribution in [1.82, 2.24) is 0 Å². The van der Waals surface area contributed by atoms with Crippen LogP contribution < -0.4 is 10.6 Å². The Kier molecular flexibility index (Phi) is 6.85. The molecule has 0 saturated heterocycles. The maximum atomic E-state index is 13.5. The highest BCUT2D eigenvalue weighted by atomic mass is 19.1. The lowest BCUT2D eigenvalue weighted by Crippen LogP contribution is -2.28. The molecule has 1 atom stereocenters. The maximum Gasteiger partial charge on any atom is 0.123 e. The molecule has 19 heavy (non-hydrogen) atoms. The number of nitrogens with zero attached hydrogens (tertiary/aromatic N) is 1. The second kappa shape index (κ2) is 8.16. The molecule has 1 unspecified atom stereocenters. The summed E-state index contributed by atoms with van der Waals surface area (Å²) in [5.41, 5.74) is 8.22. The van der Waals surface area contributed by atoms with E-state index in [-0.39, 0.29) is 11.9 Å². The Morgan fingerprint density at radius 1 is 1.16 bits per heavy atom. The summed E-state index contributed by atoms with van der Waals surface area (Å²) in [4.78, 5) is 2.34. The molecule has 1 rings (SSSR count). The monoisotopic (exact) mass is 266 g/mol. The number of halogens is 1. The summed E-state index contributed by atoms with van der Waals surface area (Å²) in [7, 11) is 0. The molecule has 0 bridgehead atoms. The van der Waals surface area contributed by atoms with E-state index in [4.69, 9.17) is 5.73 Å². The van der Waals surface area contributed by atoms with E-state index >= 15 is 0 Å². The molecule has 108 valence electrons. The molecule has 0 aliphatic carbocycles. The lowest BCUT2D eigenvalue weighted by molar-refractivity contribution is 0.612. The van der Waals surface area contributed by atoms with Gasteiger partial charge >= 0.3 is 0 Å². The molecule has 0 aliphatic heterocycles. The minimum Gasteiger partial charge on any atom is -0.371 e. The van der Waals surface area contributed by atoms with Crippen molar-refractivity contribution in [2.45, 2.75) is 52.5 Å². The van der Waals surface area contributed by atoms with Gasteiger partial charge in [0.1, 0.15) is 5.82 Å². The molecule has 0 spiro atoms. The van der Waals surface area contributed by atoms with Crippen LogP contribution in [0.5, 0.6) is 0 Å². The summed E-state index contributed by atoms with van der Waals surface area (Å²) in [6, 6.07) is 5.20. The van der Waals surface area contributed by atoms with Crippen molar-refractivity contribution in [2.75, 3.05) is 18.0 Å². The second-order valence-electron chi connectivity index (χ2n) is 5.13. The van der Waals surface area contributed by atoms with Gasteiger partial charge in [-0.2, -0.15) is 0 Å². The summed E-state index contributed by atoms with van der Waals surface area (Å²) in [6.07, 6.45) is 3.85. The SMILES string of the molecule is CCCN(CCC)c1ccc(F)cc1CC(N)CC. The number of nitrogens with two attached hydrogens (primary N) is 1. The highest BCUT2D eigenvalue weighted by Gasteiger charge is 2.13. The van der Waals surface area contributed by atoms with Crippen LogP contribution in [0.3, 0.4) is 0 Å². The Labute approximate surface area is 116 Å². The van der Waals surface area contributed by atoms with E-state index < -0.39 is 0 Å². The first-order valence-corrected chi connectivity index (χ1v) is 7.41. The molecule has 0 amide bonds. The Morgan fingerprint density at radius 3 is 2.32 bits per heavy atom. The fraction of sp³-hybridized carbons (Fsp3) is 0.625. The molecule has 0 aliphatic rings. The lowest BCUT2D eigenvalue weighted by Gasteiger charge is -2.27. The van der Waals surface area contributed by atoms with E-state index in [2.05, 4.69) is 25.7 Å². The number of hydrogen-bond donors (Lipinski definition) is 1. The zero-order valence-corrected chi connectivity index (χ0v) is 12.5. The summed E-state index contributed by atoms with van der Waals surface area (Å²) < 4.78 is 13.5. The summed E-state index contributed by atoms with van der Waals surface area (Å²) >= 11 is 0. The van der Waals surface area contributed by atoms with Gasteiger partial charge in [0.25, 0.3) is 0 Å². The van der Waals surface area contributed by atoms with Crippen molar-refractivity contribution >= 4 is 5.69 Å². The van der Waals surface area contributed by atoms with Crippen LogP contribution in [0.4, 0.5) is 10.1 Å². The normalized spacial score (nSPS) is 12.5. The second-order valence-corrected chi connectivity index (χ2v) is 5.13. The fourth-order valence-electron chi connectivity index (χ4n) is 2.35. The largest absolute Gasteiger partial charge is 0.371 e. The quantitative estimate of drug-likeness (QED) is 0.777. The Morgan fingerprint density at radius 2 is 1.79 bits per heavy atom. The van der Waals surface area contributed by atoms with Gasteiger partial charge in [-0.15, -0.1) is 0 Å². The van der Waals surface area contributed by atoms with Crippen LogP contribution in [0, 0.1) is 5.82 Å². The van der Waals surface area contributed by atoms with Crippen LogP contribution in [0.25, 0.3) is 0 Å². The molecule has 3 heteroatoms. The Bertz CT molecular complexity index is 373. The number of anilines is 1. The van der Waals surface area contributed by atoms with Gasteiger partial charge in [-0.05, 0) is 49.4 Å². The molecular weight excluding hydrogens is 239 g/mol. The summed E-state index contributed by atoms with van der Waals surface area (Å²) in [5, 5.41) is 0. The predicted molar refractivity (Wildman–Crippen MR) is 81.2 cm³/mol. The van der Waals surface area contributed by atoms with E-state index in [1.807, 2.05) is 6.07 Å². The van der Waals surface area contributed by atoms with Crippen LogP contribution in [0.15, 0.2) is 18.2 Å². The fourth-order valence-corrected chi connectivity index (χ4v) is 2.35. The first kappa shape index (κ1) is 16.0. The molecule has 1 aromatic carbocycles. The Hall–Kier alpha value is -1.09. The minimum atomic E-state index is -0.171. The Balaban J connectivity index is 3.01. The number of hydrogen-bond acceptors (Lipinski definition) is 2. The van der Waals surface area contributed by atoms with Crippen LogP contribution in [-0.2, 0) is 6.42 Å². The minimum absolute atomic E-state index is 0.102. The molecule has 0 fully saturated rings. The van der Waals surface area contributed by atoms with E-state index in [0.717, 1.165) is 50.0 Å². The van der Waals surface area contributed by atoms with Crippen molar-refractivity contribution in [2.24, 2.45) is 5.73 Å².